The van der Waals surface area contributed by atoms with E-state index in [9.17, 15) is 17.2 Å². The summed E-state index contributed by atoms with van der Waals surface area (Å²) < 4.78 is 53.7. The van der Waals surface area contributed by atoms with Crippen molar-refractivity contribution in [1.29, 1.82) is 0 Å². The Morgan fingerprint density at radius 2 is 1.50 bits per heavy atom. The summed E-state index contributed by atoms with van der Waals surface area (Å²) in [6.07, 6.45) is 4.76. The van der Waals surface area contributed by atoms with Crippen LogP contribution in [0.15, 0.2) is 66.0 Å². The molecule has 1 aromatic carbocycles. The highest BCUT2D eigenvalue weighted by molar-refractivity contribution is 7.92. The van der Waals surface area contributed by atoms with Gasteiger partial charge >= 0.3 is 0 Å². The van der Waals surface area contributed by atoms with E-state index in [1.807, 2.05) is 12.1 Å². The molecule has 7 nitrogen and oxygen atoms in total. The lowest BCUT2D eigenvalue weighted by molar-refractivity contribution is 0.584. The number of sulfonamides is 1. The van der Waals surface area contributed by atoms with Gasteiger partial charge in [0.25, 0.3) is 10.0 Å². The molecule has 30 heavy (non-hydrogen) atoms. The molecule has 1 aliphatic heterocycles. The van der Waals surface area contributed by atoms with Crippen molar-refractivity contribution in [3.63, 3.8) is 0 Å². The van der Waals surface area contributed by atoms with Crippen LogP contribution in [0.3, 0.4) is 0 Å². The molecule has 1 aliphatic rings. The molecule has 2 aromatic heterocycles. The van der Waals surface area contributed by atoms with Gasteiger partial charge in [0.1, 0.15) is 22.3 Å². The zero-order chi connectivity index (χ0) is 21.1. The second kappa shape index (κ2) is 8.23. The van der Waals surface area contributed by atoms with E-state index in [4.69, 9.17) is 0 Å². The molecular formula is C20H19F2N5O2S. The van der Waals surface area contributed by atoms with Gasteiger partial charge in [-0.05, 0) is 36.4 Å². The molecule has 1 fully saturated rings. The van der Waals surface area contributed by atoms with Crippen molar-refractivity contribution in [2.75, 3.05) is 40.7 Å². The monoisotopic (exact) mass is 431 g/mol. The Kier molecular flexibility index (Phi) is 5.49. The fourth-order valence-corrected chi connectivity index (χ4v) is 4.28. The molecule has 156 valence electrons. The summed E-state index contributed by atoms with van der Waals surface area (Å²) in [7, 11) is -4.02. The first kappa shape index (κ1) is 20.0. The van der Waals surface area contributed by atoms with Gasteiger partial charge < -0.3 is 9.80 Å². The molecule has 3 aromatic rings. The second-order valence-electron chi connectivity index (χ2n) is 6.80. The van der Waals surface area contributed by atoms with Crippen molar-refractivity contribution < 1.29 is 17.2 Å². The molecule has 10 heteroatoms. The lowest BCUT2D eigenvalue weighted by atomic mass is 10.2. The first-order valence-corrected chi connectivity index (χ1v) is 10.7. The first-order chi connectivity index (χ1) is 14.4. The van der Waals surface area contributed by atoms with Crippen LogP contribution < -0.4 is 14.5 Å². The van der Waals surface area contributed by atoms with Crippen LogP contribution in [0.5, 0.6) is 0 Å². The van der Waals surface area contributed by atoms with Crippen LogP contribution in [0.2, 0.25) is 0 Å². The van der Waals surface area contributed by atoms with Crippen LogP contribution >= 0.6 is 0 Å². The van der Waals surface area contributed by atoms with E-state index in [1.54, 1.807) is 18.5 Å². The lowest BCUT2D eigenvalue weighted by Crippen LogP contribution is -2.46. The molecule has 0 atom stereocenters. The predicted octanol–water partition coefficient (Wildman–Crippen LogP) is 2.88. The number of anilines is 3. The van der Waals surface area contributed by atoms with E-state index < -0.39 is 21.7 Å². The third kappa shape index (κ3) is 4.48. The van der Waals surface area contributed by atoms with Gasteiger partial charge in [-0.2, -0.15) is 0 Å². The zero-order valence-corrected chi connectivity index (χ0v) is 16.7. The molecule has 0 amide bonds. The van der Waals surface area contributed by atoms with Crippen molar-refractivity contribution in [3.05, 3.63) is 72.7 Å². The largest absolute Gasteiger partial charge is 0.368 e. The van der Waals surface area contributed by atoms with Gasteiger partial charge in [-0.25, -0.2) is 22.2 Å². The molecule has 1 N–H and O–H groups in total. The Morgan fingerprint density at radius 1 is 0.867 bits per heavy atom. The normalized spacial score (nSPS) is 14.6. The van der Waals surface area contributed by atoms with E-state index in [0.29, 0.717) is 11.9 Å². The average molecular weight is 431 g/mol. The zero-order valence-electron chi connectivity index (χ0n) is 15.9. The fourth-order valence-electron chi connectivity index (χ4n) is 3.29. The van der Waals surface area contributed by atoms with Gasteiger partial charge in [-0.15, -0.1) is 0 Å². The Hall–Kier alpha value is -3.27. The Labute approximate surface area is 173 Å². The number of benzene rings is 1. The van der Waals surface area contributed by atoms with E-state index in [0.717, 1.165) is 44.0 Å². The Morgan fingerprint density at radius 3 is 2.10 bits per heavy atom. The van der Waals surface area contributed by atoms with Crippen LogP contribution in [0.4, 0.5) is 26.0 Å². The SMILES string of the molecule is O=S(=O)(Nc1cc(F)cc(F)c1)c1ccc(N2CCN(c3ccncc3)CC2)nc1. The summed E-state index contributed by atoms with van der Waals surface area (Å²) in [5.41, 5.74) is 0.919. The smallest absolute Gasteiger partial charge is 0.263 e. The molecule has 3 heterocycles. The summed E-state index contributed by atoms with van der Waals surface area (Å²) >= 11 is 0. The number of rotatable bonds is 5. The summed E-state index contributed by atoms with van der Waals surface area (Å²) in [6, 6.07) is 9.46. The van der Waals surface area contributed by atoms with E-state index in [1.165, 1.54) is 12.3 Å². The number of aromatic nitrogens is 2. The third-order valence-electron chi connectivity index (χ3n) is 4.78. The maximum absolute atomic E-state index is 13.3. The van der Waals surface area contributed by atoms with Crippen molar-refractivity contribution >= 4 is 27.2 Å². The minimum Gasteiger partial charge on any atom is -0.368 e. The molecule has 0 saturated carbocycles. The number of hydrogen-bond donors (Lipinski definition) is 1. The van der Waals surface area contributed by atoms with Crippen LogP contribution in [0.25, 0.3) is 0 Å². The summed E-state index contributed by atoms with van der Waals surface area (Å²) in [4.78, 5) is 12.5. The molecule has 0 bridgehead atoms. The van der Waals surface area contributed by atoms with Crippen molar-refractivity contribution in [2.24, 2.45) is 0 Å². The number of nitrogens with zero attached hydrogens (tertiary/aromatic N) is 4. The summed E-state index contributed by atoms with van der Waals surface area (Å²) in [6.45, 7) is 3.08. The minimum atomic E-state index is -4.02. The van der Waals surface area contributed by atoms with Crippen molar-refractivity contribution in [3.8, 4) is 0 Å². The Balaban J connectivity index is 1.42. The maximum atomic E-state index is 13.3. The third-order valence-corrected chi connectivity index (χ3v) is 6.14. The number of nitrogens with one attached hydrogen (secondary N) is 1. The van der Waals surface area contributed by atoms with Gasteiger partial charge in [0, 0.05) is 56.5 Å². The van der Waals surface area contributed by atoms with Crippen molar-refractivity contribution in [2.45, 2.75) is 4.90 Å². The first-order valence-electron chi connectivity index (χ1n) is 9.26. The van der Waals surface area contributed by atoms with Crippen LogP contribution in [-0.4, -0.2) is 44.6 Å². The molecule has 4 rings (SSSR count). The van der Waals surface area contributed by atoms with Gasteiger partial charge in [0.05, 0.1) is 5.69 Å². The number of pyridine rings is 2. The Bertz CT molecular complexity index is 1100. The van der Waals surface area contributed by atoms with E-state index in [-0.39, 0.29) is 10.6 Å². The molecule has 0 radical (unpaired) electrons. The number of hydrogen-bond acceptors (Lipinski definition) is 6. The lowest BCUT2D eigenvalue weighted by Gasteiger charge is -2.36. The minimum absolute atomic E-state index is 0.0914. The average Bonchev–Trinajstić information content (AvgIpc) is 2.73. The van der Waals surface area contributed by atoms with Gasteiger partial charge in [0.15, 0.2) is 0 Å². The van der Waals surface area contributed by atoms with E-state index >= 15 is 0 Å². The predicted molar refractivity (Wildman–Crippen MR) is 110 cm³/mol. The molecule has 0 spiro atoms. The van der Waals surface area contributed by atoms with Gasteiger partial charge in [0.2, 0.25) is 0 Å². The quantitative estimate of drug-likeness (QED) is 0.669. The summed E-state index contributed by atoms with van der Waals surface area (Å²) in [5, 5.41) is 0. The van der Waals surface area contributed by atoms with Crippen LogP contribution in [0.1, 0.15) is 0 Å². The van der Waals surface area contributed by atoms with Crippen molar-refractivity contribution in [1.82, 2.24) is 9.97 Å². The van der Waals surface area contributed by atoms with Crippen LogP contribution in [-0.2, 0) is 10.0 Å². The standard InChI is InChI=1S/C20H19F2N5O2S/c21-15-11-16(22)13-17(12-15)25-30(28,29)19-1-2-20(24-14-19)27-9-7-26(8-10-27)18-3-5-23-6-4-18/h1-6,11-14,25H,7-10H2. The fraction of sp³-hybridized carbons (Fsp3) is 0.200. The maximum Gasteiger partial charge on any atom is 0.263 e. The number of halogens is 2. The molecule has 1 saturated heterocycles. The molecular weight excluding hydrogens is 412 g/mol. The highest BCUT2D eigenvalue weighted by atomic mass is 32.2. The highest BCUT2D eigenvalue weighted by Gasteiger charge is 2.20. The molecule has 0 aliphatic carbocycles. The van der Waals surface area contributed by atoms with E-state index in [2.05, 4.69) is 24.5 Å². The van der Waals surface area contributed by atoms with Gasteiger partial charge in [-0.1, -0.05) is 0 Å². The topological polar surface area (TPSA) is 78.4 Å². The highest BCUT2D eigenvalue weighted by Crippen LogP contribution is 2.22. The van der Waals surface area contributed by atoms with Gasteiger partial charge in [-0.3, -0.25) is 9.71 Å². The summed E-state index contributed by atoms with van der Waals surface area (Å²) in [5.74, 6) is -1.07. The number of piperazine rings is 1. The molecule has 0 unspecified atom stereocenters. The van der Waals surface area contributed by atoms with Crippen LogP contribution in [0, 0.1) is 11.6 Å². The second-order valence-corrected chi connectivity index (χ2v) is 8.48.